The molecule has 0 aromatic carbocycles. The average Bonchev–Trinajstić information content (AvgIpc) is 2.94. The smallest absolute Gasteiger partial charge is 0.250 e. The van der Waals surface area contributed by atoms with Gasteiger partial charge >= 0.3 is 0 Å². The first-order valence-electron chi connectivity index (χ1n) is 6.98. The van der Waals surface area contributed by atoms with Gasteiger partial charge in [0.05, 0.1) is 0 Å². The summed E-state index contributed by atoms with van der Waals surface area (Å²) < 4.78 is 32.8. The second-order valence-electron chi connectivity index (χ2n) is 4.91. The zero-order valence-corrected chi connectivity index (χ0v) is 13.4. The van der Waals surface area contributed by atoms with Crippen LogP contribution < -0.4 is 10.0 Å². The molecular weight excluding hydrogens is 296 g/mol. The van der Waals surface area contributed by atoms with Gasteiger partial charge in [-0.3, -0.25) is 0 Å². The van der Waals surface area contributed by atoms with Crippen LogP contribution in [0.4, 0.5) is 0 Å². The lowest BCUT2D eigenvalue weighted by atomic mass is 10.0. The van der Waals surface area contributed by atoms with Crippen molar-refractivity contribution in [2.24, 2.45) is 5.92 Å². The minimum absolute atomic E-state index is 0.389. The number of rotatable bonds is 7. The first kappa shape index (κ1) is 15.9. The Balaban J connectivity index is 1.90. The number of hydrogen-bond donors (Lipinski definition) is 2. The Morgan fingerprint density at radius 1 is 1.35 bits per heavy atom. The van der Waals surface area contributed by atoms with Gasteiger partial charge in [-0.15, -0.1) is 11.3 Å². The number of nitrogens with one attached hydrogen (secondary N) is 2. The minimum atomic E-state index is -3.36. The molecule has 1 fully saturated rings. The fourth-order valence-electron chi connectivity index (χ4n) is 2.10. The number of thiophene rings is 1. The van der Waals surface area contributed by atoms with E-state index in [0.717, 1.165) is 44.0 Å². The molecule has 7 heteroatoms. The summed E-state index contributed by atoms with van der Waals surface area (Å²) in [4.78, 5) is 1.04. The molecule has 0 amide bonds. The summed E-state index contributed by atoms with van der Waals surface area (Å²) in [5, 5.41) is 3.19. The maximum Gasteiger partial charge on any atom is 0.250 e. The van der Waals surface area contributed by atoms with Crippen molar-refractivity contribution < 1.29 is 13.2 Å². The van der Waals surface area contributed by atoms with Crippen molar-refractivity contribution in [3.63, 3.8) is 0 Å². The Morgan fingerprint density at radius 3 is 2.80 bits per heavy atom. The van der Waals surface area contributed by atoms with Gasteiger partial charge in [-0.25, -0.2) is 13.1 Å². The molecule has 1 aliphatic heterocycles. The molecule has 5 nitrogen and oxygen atoms in total. The van der Waals surface area contributed by atoms with E-state index in [1.165, 1.54) is 11.3 Å². The maximum atomic E-state index is 12.2. The van der Waals surface area contributed by atoms with Crippen LogP contribution in [0.5, 0.6) is 0 Å². The molecule has 0 spiro atoms. The van der Waals surface area contributed by atoms with Crippen LogP contribution in [0.3, 0.4) is 0 Å². The van der Waals surface area contributed by atoms with Crippen molar-refractivity contribution in [2.45, 2.75) is 30.5 Å². The van der Waals surface area contributed by atoms with Crippen LogP contribution in [0.25, 0.3) is 0 Å². The van der Waals surface area contributed by atoms with E-state index in [9.17, 15) is 8.42 Å². The van der Waals surface area contributed by atoms with Crippen molar-refractivity contribution >= 4 is 21.4 Å². The molecule has 0 atom stereocenters. The summed E-state index contributed by atoms with van der Waals surface area (Å²) in [6, 6.07) is 3.56. The predicted molar refractivity (Wildman–Crippen MR) is 80.4 cm³/mol. The van der Waals surface area contributed by atoms with Gasteiger partial charge < -0.3 is 10.1 Å². The lowest BCUT2D eigenvalue weighted by Gasteiger charge is -2.21. The third-order valence-corrected chi connectivity index (χ3v) is 6.35. The summed E-state index contributed by atoms with van der Waals surface area (Å²) in [6.45, 7) is 5.60. The van der Waals surface area contributed by atoms with Gasteiger partial charge in [-0.1, -0.05) is 6.92 Å². The number of hydrogen-bond acceptors (Lipinski definition) is 5. The van der Waals surface area contributed by atoms with Gasteiger partial charge in [0.25, 0.3) is 0 Å². The normalized spacial score (nSPS) is 17.4. The molecule has 0 saturated carbocycles. The Kier molecular flexibility index (Phi) is 5.98. The van der Waals surface area contributed by atoms with Crippen LogP contribution >= 0.6 is 11.3 Å². The van der Waals surface area contributed by atoms with E-state index in [1.807, 2.05) is 13.0 Å². The van der Waals surface area contributed by atoms with Crippen LogP contribution in [-0.4, -0.2) is 34.7 Å². The number of ether oxygens (including phenoxy) is 1. The highest BCUT2D eigenvalue weighted by Gasteiger charge is 2.20. The molecule has 1 aromatic heterocycles. The standard InChI is InChI=1S/C13H22N2O3S2/c1-2-14-10-12-3-4-13(19-12)20(16,17)15-9-11-5-7-18-8-6-11/h3-4,11,14-15H,2,5-10H2,1H3. The van der Waals surface area contributed by atoms with Crippen molar-refractivity contribution in [2.75, 3.05) is 26.3 Å². The Morgan fingerprint density at radius 2 is 2.10 bits per heavy atom. The zero-order valence-electron chi connectivity index (χ0n) is 11.7. The van der Waals surface area contributed by atoms with Gasteiger partial charge in [0.15, 0.2) is 0 Å². The molecule has 0 radical (unpaired) electrons. The van der Waals surface area contributed by atoms with Gasteiger partial charge in [-0.05, 0) is 37.4 Å². The van der Waals surface area contributed by atoms with Gasteiger partial charge in [0, 0.05) is 31.2 Å². The van der Waals surface area contributed by atoms with Crippen molar-refractivity contribution in [1.29, 1.82) is 0 Å². The molecule has 1 saturated heterocycles. The van der Waals surface area contributed by atoms with Gasteiger partial charge in [0.2, 0.25) is 10.0 Å². The van der Waals surface area contributed by atoms with Gasteiger partial charge in [-0.2, -0.15) is 0 Å². The second-order valence-corrected chi connectivity index (χ2v) is 8.07. The molecular formula is C13H22N2O3S2. The van der Waals surface area contributed by atoms with E-state index in [1.54, 1.807) is 6.07 Å². The van der Waals surface area contributed by atoms with E-state index >= 15 is 0 Å². The summed E-state index contributed by atoms with van der Waals surface area (Å²) in [7, 11) is -3.36. The highest BCUT2D eigenvalue weighted by Crippen LogP contribution is 2.22. The fourth-order valence-corrected chi connectivity index (χ4v) is 4.58. The van der Waals surface area contributed by atoms with E-state index in [2.05, 4.69) is 10.0 Å². The van der Waals surface area contributed by atoms with Crippen LogP contribution in [0.1, 0.15) is 24.6 Å². The highest BCUT2D eigenvalue weighted by molar-refractivity contribution is 7.91. The quantitative estimate of drug-likeness (QED) is 0.801. The van der Waals surface area contributed by atoms with Crippen molar-refractivity contribution in [3.05, 3.63) is 17.0 Å². The monoisotopic (exact) mass is 318 g/mol. The summed E-state index contributed by atoms with van der Waals surface area (Å²) in [5.41, 5.74) is 0. The van der Waals surface area contributed by atoms with Crippen molar-refractivity contribution in [1.82, 2.24) is 10.0 Å². The van der Waals surface area contributed by atoms with Gasteiger partial charge in [0.1, 0.15) is 4.21 Å². The van der Waals surface area contributed by atoms with Crippen molar-refractivity contribution in [3.8, 4) is 0 Å². The summed E-state index contributed by atoms with van der Waals surface area (Å²) >= 11 is 1.33. The Labute approximate surface area is 124 Å². The van der Waals surface area contributed by atoms with E-state index < -0.39 is 10.0 Å². The lowest BCUT2D eigenvalue weighted by Crippen LogP contribution is -2.31. The number of sulfonamides is 1. The molecule has 0 bridgehead atoms. The molecule has 2 heterocycles. The second kappa shape index (κ2) is 7.51. The fraction of sp³-hybridized carbons (Fsp3) is 0.692. The lowest BCUT2D eigenvalue weighted by molar-refractivity contribution is 0.0678. The zero-order chi connectivity index (χ0) is 14.4. The largest absolute Gasteiger partial charge is 0.381 e. The van der Waals surface area contributed by atoms with E-state index in [-0.39, 0.29) is 0 Å². The molecule has 1 aliphatic rings. The molecule has 2 rings (SSSR count). The van der Waals surface area contributed by atoms with Crippen LogP contribution in [-0.2, 0) is 21.3 Å². The third-order valence-electron chi connectivity index (χ3n) is 3.35. The Hall–Kier alpha value is -0.470. The van der Waals surface area contributed by atoms with Crippen LogP contribution in [0, 0.1) is 5.92 Å². The molecule has 2 N–H and O–H groups in total. The average molecular weight is 318 g/mol. The predicted octanol–water partition coefficient (Wildman–Crippen LogP) is 1.56. The van der Waals surface area contributed by atoms with Crippen LogP contribution in [0.15, 0.2) is 16.3 Å². The maximum absolute atomic E-state index is 12.2. The first-order chi connectivity index (χ1) is 9.62. The minimum Gasteiger partial charge on any atom is -0.381 e. The Bertz CT molecular complexity index is 507. The molecule has 114 valence electrons. The van der Waals surface area contributed by atoms with E-state index in [4.69, 9.17) is 4.74 Å². The first-order valence-corrected chi connectivity index (χ1v) is 9.28. The van der Waals surface area contributed by atoms with Crippen LogP contribution in [0.2, 0.25) is 0 Å². The third kappa shape index (κ3) is 4.53. The summed E-state index contributed by atoms with van der Waals surface area (Å²) in [6.07, 6.45) is 1.86. The summed E-state index contributed by atoms with van der Waals surface area (Å²) in [5.74, 6) is 0.389. The van der Waals surface area contributed by atoms with E-state index in [0.29, 0.717) is 16.7 Å². The molecule has 0 aliphatic carbocycles. The molecule has 20 heavy (non-hydrogen) atoms. The molecule has 1 aromatic rings. The highest BCUT2D eigenvalue weighted by atomic mass is 32.2. The molecule has 0 unspecified atom stereocenters. The SMILES string of the molecule is CCNCc1ccc(S(=O)(=O)NCC2CCOCC2)s1. The topological polar surface area (TPSA) is 67.4 Å².